The molecule has 1 N–H and O–H groups in total. The Balaban J connectivity index is 1.68. The first-order valence-electron chi connectivity index (χ1n) is 6.74. The Morgan fingerprint density at radius 3 is 2.95 bits per heavy atom. The van der Waals surface area contributed by atoms with E-state index in [0.717, 1.165) is 24.2 Å². The van der Waals surface area contributed by atoms with Crippen LogP contribution in [0.5, 0.6) is 0 Å². The molecule has 4 heteroatoms. The van der Waals surface area contributed by atoms with E-state index in [9.17, 15) is 4.79 Å². The van der Waals surface area contributed by atoms with Crippen molar-refractivity contribution in [1.82, 2.24) is 9.88 Å². The number of furan rings is 1. The summed E-state index contributed by atoms with van der Waals surface area (Å²) in [6.45, 7) is 1.35. The third kappa shape index (κ3) is 1.65. The predicted molar refractivity (Wildman–Crippen MR) is 75.5 cm³/mol. The summed E-state index contributed by atoms with van der Waals surface area (Å²) in [5, 5.41) is 1.27. The van der Waals surface area contributed by atoms with E-state index in [4.69, 9.17) is 4.42 Å². The Bertz CT molecular complexity index is 771. The monoisotopic (exact) mass is 266 g/mol. The molecule has 0 unspecified atom stereocenters. The maximum Gasteiger partial charge on any atom is 0.289 e. The lowest BCUT2D eigenvalue weighted by Crippen LogP contribution is -2.35. The van der Waals surface area contributed by atoms with Crippen LogP contribution in [-0.2, 0) is 13.0 Å². The number of carbonyl (C=O) groups excluding carboxylic acids is 1. The van der Waals surface area contributed by atoms with Gasteiger partial charge in [0.05, 0.1) is 12.8 Å². The predicted octanol–water partition coefficient (Wildman–Crippen LogP) is 2.96. The molecule has 0 saturated heterocycles. The van der Waals surface area contributed by atoms with Crippen LogP contribution in [0.2, 0.25) is 0 Å². The van der Waals surface area contributed by atoms with Crippen LogP contribution in [0.25, 0.3) is 10.9 Å². The molecule has 2 aromatic heterocycles. The molecule has 1 amide bonds. The second-order valence-corrected chi connectivity index (χ2v) is 5.08. The standard InChI is InChI=1S/C16H14N2O2/c19-16(15-6-3-9-20-15)18-8-7-12-11-4-1-2-5-13(11)17-14(12)10-18/h1-6,9,17H,7-8,10H2. The molecule has 1 aromatic carbocycles. The van der Waals surface area contributed by atoms with Crippen LogP contribution in [0.4, 0.5) is 0 Å². The number of aromatic amines is 1. The van der Waals surface area contributed by atoms with Gasteiger partial charge in [-0.15, -0.1) is 0 Å². The summed E-state index contributed by atoms with van der Waals surface area (Å²) in [4.78, 5) is 17.6. The Hall–Kier alpha value is -2.49. The van der Waals surface area contributed by atoms with E-state index in [0.29, 0.717) is 12.3 Å². The summed E-state index contributed by atoms with van der Waals surface area (Å²) in [6, 6.07) is 11.7. The van der Waals surface area contributed by atoms with Gasteiger partial charge in [0.15, 0.2) is 5.76 Å². The van der Waals surface area contributed by atoms with Crippen molar-refractivity contribution in [3.05, 3.63) is 59.7 Å². The summed E-state index contributed by atoms with van der Waals surface area (Å²) in [7, 11) is 0. The molecule has 0 radical (unpaired) electrons. The molecule has 0 saturated carbocycles. The van der Waals surface area contributed by atoms with Crippen molar-refractivity contribution in [3.8, 4) is 0 Å². The molecule has 1 aliphatic rings. The second-order valence-electron chi connectivity index (χ2n) is 5.08. The zero-order chi connectivity index (χ0) is 13.5. The van der Waals surface area contributed by atoms with Crippen molar-refractivity contribution in [1.29, 1.82) is 0 Å². The average Bonchev–Trinajstić information content (AvgIpc) is 3.13. The fourth-order valence-corrected chi connectivity index (χ4v) is 2.92. The highest BCUT2D eigenvalue weighted by molar-refractivity contribution is 5.92. The number of benzene rings is 1. The van der Waals surface area contributed by atoms with Crippen LogP contribution in [0, 0.1) is 0 Å². The van der Waals surface area contributed by atoms with Gasteiger partial charge in [-0.1, -0.05) is 18.2 Å². The number of aromatic nitrogens is 1. The number of amides is 1. The molecular formula is C16H14N2O2. The molecule has 20 heavy (non-hydrogen) atoms. The van der Waals surface area contributed by atoms with Gasteiger partial charge in [-0.05, 0) is 30.2 Å². The topological polar surface area (TPSA) is 49.2 Å². The number of hydrogen-bond acceptors (Lipinski definition) is 2. The highest BCUT2D eigenvalue weighted by atomic mass is 16.3. The molecule has 0 atom stereocenters. The molecule has 0 bridgehead atoms. The first kappa shape index (κ1) is 11.3. The summed E-state index contributed by atoms with van der Waals surface area (Å²) in [5.41, 5.74) is 3.62. The number of rotatable bonds is 1. The molecule has 1 aliphatic heterocycles. The van der Waals surface area contributed by atoms with Gasteiger partial charge < -0.3 is 14.3 Å². The molecule has 3 aromatic rings. The third-order valence-electron chi connectivity index (χ3n) is 3.90. The normalized spacial score (nSPS) is 14.5. The van der Waals surface area contributed by atoms with Gasteiger partial charge in [-0.3, -0.25) is 4.79 Å². The summed E-state index contributed by atoms with van der Waals surface area (Å²) < 4.78 is 5.19. The maximum absolute atomic E-state index is 12.3. The Kier molecular flexibility index (Phi) is 2.42. The largest absolute Gasteiger partial charge is 0.459 e. The summed E-state index contributed by atoms with van der Waals surface area (Å²) in [6.07, 6.45) is 2.41. The van der Waals surface area contributed by atoms with Crippen LogP contribution in [-0.4, -0.2) is 22.3 Å². The van der Waals surface area contributed by atoms with Gasteiger partial charge in [-0.25, -0.2) is 0 Å². The molecule has 0 spiro atoms. The van der Waals surface area contributed by atoms with Gasteiger partial charge in [0, 0.05) is 23.1 Å². The highest BCUT2D eigenvalue weighted by Gasteiger charge is 2.25. The first-order valence-corrected chi connectivity index (χ1v) is 6.74. The van der Waals surface area contributed by atoms with Gasteiger partial charge in [0.2, 0.25) is 0 Å². The smallest absolute Gasteiger partial charge is 0.289 e. The van der Waals surface area contributed by atoms with Crippen molar-refractivity contribution < 1.29 is 9.21 Å². The van der Waals surface area contributed by atoms with E-state index >= 15 is 0 Å². The van der Waals surface area contributed by atoms with Gasteiger partial charge in [0.1, 0.15) is 0 Å². The van der Waals surface area contributed by atoms with Crippen molar-refractivity contribution >= 4 is 16.8 Å². The summed E-state index contributed by atoms with van der Waals surface area (Å²) >= 11 is 0. The number of para-hydroxylation sites is 1. The number of carbonyl (C=O) groups is 1. The number of nitrogens with zero attached hydrogens (tertiary/aromatic N) is 1. The minimum Gasteiger partial charge on any atom is -0.459 e. The van der Waals surface area contributed by atoms with E-state index < -0.39 is 0 Å². The number of hydrogen-bond donors (Lipinski definition) is 1. The average molecular weight is 266 g/mol. The minimum absolute atomic E-state index is 0.0423. The third-order valence-corrected chi connectivity index (χ3v) is 3.90. The van der Waals surface area contributed by atoms with E-state index in [-0.39, 0.29) is 5.91 Å². The van der Waals surface area contributed by atoms with Crippen molar-refractivity contribution in [3.63, 3.8) is 0 Å². The Morgan fingerprint density at radius 1 is 1.20 bits per heavy atom. The molecule has 0 fully saturated rings. The Labute approximate surface area is 116 Å². The summed E-state index contributed by atoms with van der Waals surface area (Å²) in [5.74, 6) is 0.365. The molecule has 4 nitrogen and oxygen atoms in total. The molecule has 3 heterocycles. The van der Waals surface area contributed by atoms with Crippen LogP contribution < -0.4 is 0 Å². The van der Waals surface area contributed by atoms with Crippen molar-refractivity contribution in [2.45, 2.75) is 13.0 Å². The fraction of sp³-hybridized carbons (Fsp3) is 0.188. The van der Waals surface area contributed by atoms with Gasteiger partial charge in [-0.2, -0.15) is 0 Å². The molecule has 100 valence electrons. The minimum atomic E-state index is -0.0423. The van der Waals surface area contributed by atoms with E-state index in [1.165, 1.54) is 17.2 Å². The van der Waals surface area contributed by atoms with Gasteiger partial charge in [0.25, 0.3) is 5.91 Å². The second kappa shape index (κ2) is 4.27. The van der Waals surface area contributed by atoms with E-state index in [1.807, 2.05) is 11.0 Å². The molecule has 4 rings (SSSR count). The van der Waals surface area contributed by atoms with Crippen LogP contribution >= 0.6 is 0 Å². The fourth-order valence-electron chi connectivity index (χ4n) is 2.92. The molecule has 0 aliphatic carbocycles. The van der Waals surface area contributed by atoms with Crippen molar-refractivity contribution in [2.75, 3.05) is 6.54 Å². The first-order chi connectivity index (χ1) is 9.83. The number of fused-ring (bicyclic) bond motifs is 3. The molecular weight excluding hydrogens is 252 g/mol. The van der Waals surface area contributed by atoms with E-state index in [2.05, 4.69) is 23.2 Å². The quantitative estimate of drug-likeness (QED) is 0.736. The van der Waals surface area contributed by atoms with Crippen LogP contribution in [0.15, 0.2) is 47.1 Å². The lowest BCUT2D eigenvalue weighted by molar-refractivity contribution is 0.0700. The lowest BCUT2D eigenvalue weighted by Gasteiger charge is -2.26. The van der Waals surface area contributed by atoms with Crippen molar-refractivity contribution in [2.24, 2.45) is 0 Å². The zero-order valence-electron chi connectivity index (χ0n) is 10.9. The van der Waals surface area contributed by atoms with Gasteiger partial charge >= 0.3 is 0 Å². The number of H-pyrrole nitrogens is 1. The van der Waals surface area contributed by atoms with E-state index in [1.54, 1.807) is 12.1 Å². The SMILES string of the molecule is O=C(c1ccco1)N1CCc2c([nH]c3ccccc23)C1. The highest BCUT2D eigenvalue weighted by Crippen LogP contribution is 2.27. The number of nitrogens with one attached hydrogen (secondary N) is 1. The Morgan fingerprint density at radius 2 is 2.10 bits per heavy atom. The van der Waals surface area contributed by atoms with Crippen LogP contribution in [0.1, 0.15) is 21.8 Å². The zero-order valence-corrected chi connectivity index (χ0v) is 10.9. The maximum atomic E-state index is 12.3. The van der Waals surface area contributed by atoms with Crippen LogP contribution in [0.3, 0.4) is 0 Å². The lowest BCUT2D eigenvalue weighted by atomic mass is 10.0.